The van der Waals surface area contributed by atoms with Gasteiger partial charge in [-0.2, -0.15) is 13.2 Å². The van der Waals surface area contributed by atoms with Crippen LogP contribution in [0.15, 0.2) is 78.9 Å². The average Bonchev–Trinajstić information content (AvgIpc) is 2.89. The van der Waals surface area contributed by atoms with Gasteiger partial charge in [0.15, 0.2) is 0 Å². The summed E-state index contributed by atoms with van der Waals surface area (Å²) in [5.41, 5.74) is 2.95. The van der Waals surface area contributed by atoms with Crippen LogP contribution in [0.5, 0.6) is 0 Å². The summed E-state index contributed by atoms with van der Waals surface area (Å²) in [5.74, 6) is 0.124. The Morgan fingerprint density at radius 1 is 0.917 bits per heavy atom. The van der Waals surface area contributed by atoms with Gasteiger partial charge in [-0.25, -0.2) is 0 Å². The van der Waals surface area contributed by atoms with Gasteiger partial charge in [-0.15, -0.1) is 0 Å². The largest absolute Gasteiger partial charge is 0.416 e. The fraction of sp³-hybridized carbons (Fsp3) is 0.367. The predicted octanol–water partition coefficient (Wildman–Crippen LogP) is 7.57. The van der Waals surface area contributed by atoms with Crippen LogP contribution in [0.1, 0.15) is 72.4 Å². The molecule has 0 aliphatic heterocycles. The minimum Gasteiger partial charge on any atom is -0.372 e. The molecule has 3 atom stereocenters. The average molecular weight is 496 g/mol. The van der Waals surface area contributed by atoms with E-state index in [-0.39, 0.29) is 30.4 Å². The van der Waals surface area contributed by atoms with Gasteiger partial charge in [0, 0.05) is 5.92 Å². The first kappa shape index (κ1) is 26.0. The summed E-state index contributed by atoms with van der Waals surface area (Å²) in [7, 11) is 0. The molecule has 0 spiro atoms. The van der Waals surface area contributed by atoms with Crippen LogP contribution in [0, 0.1) is 5.92 Å². The van der Waals surface area contributed by atoms with Crippen molar-refractivity contribution in [2.75, 3.05) is 0 Å². The second kappa shape index (κ2) is 11.7. The number of benzene rings is 3. The molecule has 0 saturated heterocycles. The molecule has 1 aliphatic carbocycles. The molecule has 1 amide bonds. The van der Waals surface area contributed by atoms with Crippen molar-refractivity contribution in [2.24, 2.45) is 5.92 Å². The Bertz CT molecular complexity index is 1150. The van der Waals surface area contributed by atoms with Gasteiger partial charge >= 0.3 is 6.18 Å². The van der Waals surface area contributed by atoms with Crippen LogP contribution < -0.4 is 5.32 Å². The van der Waals surface area contributed by atoms with E-state index in [9.17, 15) is 18.0 Å². The first-order chi connectivity index (χ1) is 17.3. The van der Waals surface area contributed by atoms with Crippen molar-refractivity contribution in [1.29, 1.82) is 0 Å². The van der Waals surface area contributed by atoms with Gasteiger partial charge in [0.1, 0.15) is 0 Å². The Hall–Kier alpha value is -3.12. The third-order valence-corrected chi connectivity index (χ3v) is 6.93. The van der Waals surface area contributed by atoms with Crippen molar-refractivity contribution >= 4 is 5.91 Å². The first-order valence-corrected chi connectivity index (χ1v) is 12.5. The van der Waals surface area contributed by atoms with E-state index in [4.69, 9.17) is 4.74 Å². The van der Waals surface area contributed by atoms with Gasteiger partial charge in [-0.3, -0.25) is 4.79 Å². The molecule has 0 heterocycles. The second-order valence-electron chi connectivity index (χ2n) is 9.57. The summed E-state index contributed by atoms with van der Waals surface area (Å²) in [6.07, 6.45) is -0.445. The van der Waals surface area contributed by atoms with Crippen LogP contribution in [0.3, 0.4) is 0 Å². The maximum absolute atomic E-state index is 13.3. The molecule has 1 fully saturated rings. The summed E-state index contributed by atoms with van der Waals surface area (Å²) < 4.78 is 44.6. The SMILES string of the molecule is C[C@H](NC(=O)C1CCCCC1c1cccc(COCc2cccc(C(F)(F)F)c2)c1)c1ccccc1. The molecule has 4 rings (SSSR count). The number of amides is 1. The summed E-state index contributed by atoms with van der Waals surface area (Å²) in [5, 5.41) is 3.20. The zero-order valence-corrected chi connectivity index (χ0v) is 20.4. The van der Waals surface area contributed by atoms with E-state index in [2.05, 4.69) is 17.4 Å². The molecule has 2 unspecified atom stereocenters. The third-order valence-electron chi connectivity index (χ3n) is 6.93. The van der Waals surface area contributed by atoms with Gasteiger partial charge < -0.3 is 10.1 Å². The van der Waals surface area contributed by atoms with E-state index in [1.54, 1.807) is 6.07 Å². The molecule has 0 radical (unpaired) electrons. The van der Waals surface area contributed by atoms with E-state index in [0.717, 1.165) is 54.5 Å². The fourth-order valence-corrected chi connectivity index (χ4v) is 5.03. The zero-order chi connectivity index (χ0) is 25.5. The number of hydrogen-bond acceptors (Lipinski definition) is 2. The molecule has 6 heteroatoms. The van der Waals surface area contributed by atoms with E-state index < -0.39 is 11.7 Å². The lowest BCUT2D eigenvalue weighted by Gasteiger charge is -2.32. The first-order valence-electron chi connectivity index (χ1n) is 12.5. The molecule has 1 aliphatic rings. The lowest BCUT2D eigenvalue weighted by molar-refractivity contribution is -0.137. The Morgan fingerprint density at radius 3 is 2.31 bits per heavy atom. The number of hydrogen-bond donors (Lipinski definition) is 1. The number of ether oxygens (including phenoxy) is 1. The highest BCUT2D eigenvalue weighted by molar-refractivity contribution is 5.80. The Kier molecular flexibility index (Phi) is 8.47. The van der Waals surface area contributed by atoms with Crippen molar-refractivity contribution in [2.45, 2.75) is 64.0 Å². The van der Waals surface area contributed by atoms with Crippen LogP contribution in [0.25, 0.3) is 0 Å². The molecule has 0 aromatic heterocycles. The molecule has 0 bridgehead atoms. The number of nitrogens with one attached hydrogen (secondary N) is 1. The van der Waals surface area contributed by atoms with Crippen LogP contribution in [-0.4, -0.2) is 5.91 Å². The maximum Gasteiger partial charge on any atom is 0.416 e. The van der Waals surface area contributed by atoms with Crippen molar-refractivity contribution in [3.63, 3.8) is 0 Å². The number of carbonyl (C=O) groups excluding carboxylic acids is 1. The molecular weight excluding hydrogens is 463 g/mol. The molecule has 3 aromatic carbocycles. The monoisotopic (exact) mass is 495 g/mol. The summed E-state index contributed by atoms with van der Waals surface area (Å²) in [6.45, 7) is 2.39. The molecule has 3 nitrogen and oxygen atoms in total. The highest BCUT2D eigenvalue weighted by Crippen LogP contribution is 2.38. The third kappa shape index (κ3) is 6.76. The van der Waals surface area contributed by atoms with Crippen molar-refractivity contribution in [1.82, 2.24) is 5.32 Å². The second-order valence-corrected chi connectivity index (χ2v) is 9.57. The van der Waals surface area contributed by atoms with Crippen LogP contribution >= 0.6 is 0 Å². The Balaban J connectivity index is 1.39. The predicted molar refractivity (Wildman–Crippen MR) is 134 cm³/mol. The highest BCUT2D eigenvalue weighted by Gasteiger charge is 2.33. The lowest BCUT2D eigenvalue weighted by atomic mass is 9.74. The van der Waals surface area contributed by atoms with E-state index >= 15 is 0 Å². The standard InChI is InChI=1S/C30H32F3NO2/c1-21(24-11-3-2-4-12-24)34-29(35)28-16-6-5-15-27(28)25-13-7-9-22(17-25)19-36-20-23-10-8-14-26(18-23)30(31,32)33/h2-4,7-14,17-18,21,27-28H,5-6,15-16,19-20H2,1H3,(H,34,35)/t21-,27?,28?/m0/s1. The van der Waals surface area contributed by atoms with Gasteiger partial charge in [0.2, 0.25) is 5.91 Å². The minimum atomic E-state index is -4.37. The van der Waals surface area contributed by atoms with Gasteiger partial charge in [-0.05, 0) is 60.1 Å². The van der Waals surface area contributed by atoms with Gasteiger partial charge in [0.25, 0.3) is 0 Å². The highest BCUT2D eigenvalue weighted by atomic mass is 19.4. The van der Waals surface area contributed by atoms with Crippen molar-refractivity contribution in [3.05, 3.63) is 107 Å². The lowest BCUT2D eigenvalue weighted by Crippen LogP contribution is -2.37. The number of carbonyl (C=O) groups is 1. The van der Waals surface area contributed by atoms with Crippen LogP contribution in [-0.2, 0) is 28.9 Å². The fourth-order valence-electron chi connectivity index (χ4n) is 5.03. The summed E-state index contributed by atoms with van der Waals surface area (Å²) >= 11 is 0. The topological polar surface area (TPSA) is 38.3 Å². The van der Waals surface area contributed by atoms with Crippen molar-refractivity contribution in [3.8, 4) is 0 Å². The summed E-state index contributed by atoms with van der Waals surface area (Å²) in [6, 6.07) is 23.2. The van der Waals surface area contributed by atoms with E-state index in [0.29, 0.717) is 12.2 Å². The number of rotatable bonds is 8. The van der Waals surface area contributed by atoms with E-state index in [1.165, 1.54) is 6.07 Å². The quantitative estimate of drug-likeness (QED) is 0.350. The molecule has 3 aromatic rings. The normalized spacial score (nSPS) is 19.0. The number of halogens is 3. The maximum atomic E-state index is 13.3. The zero-order valence-electron chi connectivity index (χ0n) is 20.4. The summed E-state index contributed by atoms with van der Waals surface area (Å²) in [4.78, 5) is 13.3. The smallest absolute Gasteiger partial charge is 0.372 e. The Labute approximate surface area is 210 Å². The Morgan fingerprint density at radius 2 is 1.58 bits per heavy atom. The molecule has 1 N–H and O–H groups in total. The molecule has 36 heavy (non-hydrogen) atoms. The van der Waals surface area contributed by atoms with Crippen LogP contribution in [0.2, 0.25) is 0 Å². The van der Waals surface area contributed by atoms with Crippen LogP contribution in [0.4, 0.5) is 13.2 Å². The van der Waals surface area contributed by atoms with Gasteiger partial charge in [-0.1, -0.05) is 79.6 Å². The molecule has 1 saturated carbocycles. The molecular formula is C30H32F3NO2. The van der Waals surface area contributed by atoms with Gasteiger partial charge in [0.05, 0.1) is 24.8 Å². The van der Waals surface area contributed by atoms with Crippen molar-refractivity contribution < 1.29 is 22.7 Å². The number of alkyl halides is 3. The van der Waals surface area contributed by atoms with E-state index in [1.807, 2.05) is 49.4 Å². The minimum absolute atomic E-state index is 0.0585. The molecule has 190 valence electrons.